The van der Waals surface area contributed by atoms with Crippen LogP contribution in [-0.4, -0.2) is 6.21 Å². The van der Waals surface area contributed by atoms with Gasteiger partial charge >= 0.3 is 0 Å². The molecule has 0 aliphatic carbocycles. The lowest BCUT2D eigenvalue weighted by molar-refractivity contribution is 0.639. The van der Waals surface area contributed by atoms with E-state index in [-0.39, 0.29) is 0 Å². The van der Waals surface area contributed by atoms with E-state index < -0.39 is 0 Å². The third kappa shape index (κ3) is 8.11. The molecule has 2 heteroatoms. The quantitative estimate of drug-likeness (QED) is 0.590. The molecule has 0 rings (SSSR count). The van der Waals surface area contributed by atoms with Gasteiger partial charge in [0.2, 0.25) is 0 Å². The molecule has 0 unspecified atom stereocenters. The van der Waals surface area contributed by atoms with Gasteiger partial charge in [-0.2, -0.15) is 0 Å². The van der Waals surface area contributed by atoms with Crippen LogP contribution in [0.25, 0.3) is 0 Å². The number of allylic oxidation sites excluding steroid dienone is 1. The van der Waals surface area contributed by atoms with E-state index in [1.165, 1.54) is 0 Å². The molecule has 0 aromatic carbocycles. The van der Waals surface area contributed by atoms with Gasteiger partial charge in [-0.3, -0.25) is 4.99 Å². The SMILES string of the molecule is C=CS/C=C(CC(C)C)\N=C\C(C)C. The molecule has 0 aromatic heterocycles. The molecule has 1 nitrogen and oxygen atoms in total. The van der Waals surface area contributed by atoms with Gasteiger partial charge in [-0.15, -0.1) is 11.8 Å². The summed E-state index contributed by atoms with van der Waals surface area (Å²) in [5.41, 5.74) is 1.15. The molecule has 0 saturated carbocycles. The topological polar surface area (TPSA) is 12.4 Å². The molecule has 80 valence electrons. The van der Waals surface area contributed by atoms with E-state index in [1.54, 1.807) is 11.8 Å². The molecule has 0 atom stereocenters. The van der Waals surface area contributed by atoms with Crippen molar-refractivity contribution in [2.45, 2.75) is 34.1 Å². The Kier molecular flexibility index (Phi) is 7.58. The zero-order chi connectivity index (χ0) is 11.0. The molecule has 0 amide bonds. The first-order chi connectivity index (χ1) is 6.56. The van der Waals surface area contributed by atoms with Crippen LogP contribution in [0.15, 0.2) is 28.1 Å². The van der Waals surface area contributed by atoms with Crippen molar-refractivity contribution in [2.24, 2.45) is 16.8 Å². The summed E-state index contributed by atoms with van der Waals surface area (Å²) in [5, 5.41) is 3.90. The zero-order valence-corrected chi connectivity index (χ0v) is 10.5. The van der Waals surface area contributed by atoms with E-state index >= 15 is 0 Å². The van der Waals surface area contributed by atoms with Crippen LogP contribution in [0.1, 0.15) is 34.1 Å². The fraction of sp³-hybridized carbons (Fsp3) is 0.583. The summed E-state index contributed by atoms with van der Waals surface area (Å²) < 4.78 is 0. The second-order valence-electron chi connectivity index (χ2n) is 4.03. The number of hydrogen-bond acceptors (Lipinski definition) is 2. The molecule has 0 aliphatic heterocycles. The summed E-state index contributed by atoms with van der Waals surface area (Å²) in [5.74, 6) is 1.16. The highest BCUT2D eigenvalue weighted by Crippen LogP contribution is 2.17. The van der Waals surface area contributed by atoms with Gasteiger partial charge in [-0.05, 0) is 29.1 Å². The van der Waals surface area contributed by atoms with Gasteiger partial charge in [0.15, 0.2) is 0 Å². The number of nitrogens with zero attached hydrogens (tertiary/aromatic N) is 1. The van der Waals surface area contributed by atoms with Crippen LogP contribution in [-0.2, 0) is 0 Å². The third-order valence-electron chi connectivity index (χ3n) is 1.46. The molecular weight excluding hydrogens is 190 g/mol. The molecule has 0 aliphatic rings. The fourth-order valence-corrected chi connectivity index (χ4v) is 1.33. The molecule has 0 heterocycles. The van der Waals surface area contributed by atoms with E-state index in [4.69, 9.17) is 0 Å². The summed E-state index contributed by atoms with van der Waals surface area (Å²) in [4.78, 5) is 4.47. The average Bonchev–Trinajstić information content (AvgIpc) is 2.09. The summed E-state index contributed by atoms with van der Waals surface area (Å²) >= 11 is 1.60. The van der Waals surface area contributed by atoms with Crippen LogP contribution >= 0.6 is 11.8 Å². The number of rotatable bonds is 6. The smallest absolute Gasteiger partial charge is 0.0468 e. The van der Waals surface area contributed by atoms with E-state index in [9.17, 15) is 0 Å². The van der Waals surface area contributed by atoms with Crippen LogP contribution < -0.4 is 0 Å². The van der Waals surface area contributed by atoms with Crippen molar-refractivity contribution in [3.8, 4) is 0 Å². The Morgan fingerprint density at radius 3 is 2.43 bits per heavy atom. The Morgan fingerprint density at radius 2 is 2.00 bits per heavy atom. The van der Waals surface area contributed by atoms with Crippen LogP contribution in [0.2, 0.25) is 0 Å². The van der Waals surface area contributed by atoms with Crippen molar-refractivity contribution in [2.75, 3.05) is 0 Å². The maximum absolute atomic E-state index is 4.47. The fourth-order valence-electron chi connectivity index (χ4n) is 0.921. The number of aliphatic imine (C=N–C) groups is 1. The first kappa shape index (κ1) is 13.5. The molecule has 0 N–H and O–H groups in total. The van der Waals surface area contributed by atoms with Crippen molar-refractivity contribution in [3.05, 3.63) is 23.1 Å². The largest absolute Gasteiger partial charge is 0.265 e. The second-order valence-corrected chi connectivity index (χ2v) is 4.87. The summed E-state index contributed by atoms with van der Waals surface area (Å²) in [6.07, 6.45) is 3.03. The Labute approximate surface area is 92.4 Å². The molecule has 0 aromatic rings. The van der Waals surface area contributed by atoms with Crippen molar-refractivity contribution in [1.29, 1.82) is 0 Å². The van der Waals surface area contributed by atoms with Gasteiger partial charge in [-0.1, -0.05) is 34.3 Å². The first-order valence-electron chi connectivity index (χ1n) is 5.05. The van der Waals surface area contributed by atoms with E-state index in [1.807, 2.05) is 11.6 Å². The van der Waals surface area contributed by atoms with Gasteiger partial charge in [0.05, 0.1) is 0 Å². The average molecular weight is 211 g/mol. The lowest BCUT2D eigenvalue weighted by atomic mass is 10.1. The Bertz CT molecular complexity index is 214. The van der Waals surface area contributed by atoms with Crippen LogP contribution in [0.3, 0.4) is 0 Å². The highest BCUT2D eigenvalue weighted by atomic mass is 32.2. The zero-order valence-electron chi connectivity index (χ0n) is 9.66. The summed E-state index contributed by atoms with van der Waals surface area (Å²) in [7, 11) is 0. The van der Waals surface area contributed by atoms with Gasteiger partial charge in [0.1, 0.15) is 0 Å². The van der Waals surface area contributed by atoms with Crippen LogP contribution in [0, 0.1) is 11.8 Å². The lowest BCUT2D eigenvalue weighted by Gasteiger charge is -2.05. The summed E-state index contributed by atoms with van der Waals surface area (Å²) in [6.45, 7) is 12.4. The second kappa shape index (κ2) is 7.86. The predicted molar refractivity (Wildman–Crippen MR) is 68.7 cm³/mol. The molecule has 0 radical (unpaired) electrons. The maximum atomic E-state index is 4.47. The van der Waals surface area contributed by atoms with Crippen LogP contribution in [0.5, 0.6) is 0 Å². The monoisotopic (exact) mass is 211 g/mol. The highest BCUT2D eigenvalue weighted by Gasteiger charge is 1.99. The third-order valence-corrected chi connectivity index (χ3v) is 2.06. The van der Waals surface area contributed by atoms with E-state index in [2.05, 4.69) is 44.7 Å². The predicted octanol–water partition coefficient (Wildman–Crippen LogP) is 4.48. The highest BCUT2D eigenvalue weighted by molar-refractivity contribution is 8.04. The minimum Gasteiger partial charge on any atom is -0.265 e. The van der Waals surface area contributed by atoms with Gasteiger partial charge in [0.25, 0.3) is 0 Å². The van der Waals surface area contributed by atoms with Crippen LogP contribution in [0.4, 0.5) is 0 Å². The van der Waals surface area contributed by atoms with Crippen molar-refractivity contribution < 1.29 is 0 Å². The molecule has 0 spiro atoms. The summed E-state index contributed by atoms with van der Waals surface area (Å²) in [6, 6.07) is 0. The van der Waals surface area contributed by atoms with Gasteiger partial charge in [0, 0.05) is 11.9 Å². The first-order valence-corrected chi connectivity index (χ1v) is 6.00. The maximum Gasteiger partial charge on any atom is 0.0468 e. The lowest BCUT2D eigenvalue weighted by Crippen LogP contribution is -1.92. The molecule has 0 fully saturated rings. The molecule has 0 saturated heterocycles. The van der Waals surface area contributed by atoms with Crippen molar-refractivity contribution in [3.63, 3.8) is 0 Å². The standard InChI is InChI=1S/C12H21NS/c1-6-14-9-12(7-10(2)3)13-8-11(4)5/h6,8-11H,1,7H2,2-5H3/b12-9-,13-8+. The molecule has 14 heavy (non-hydrogen) atoms. The van der Waals surface area contributed by atoms with Gasteiger partial charge in [-0.25, -0.2) is 0 Å². The number of thioether (sulfide) groups is 1. The van der Waals surface area contributed by atoms with E-state index in [0.717, 1.165) is 12.1 Å². The van der Waals surface area contributed by atoms with Crippen molar-refractivity contribution >= 4 is 18.0 Å². The van der Waals surface area contributed by atoms with E-state index in [0.29, 0.717) is 11.8 Å². The Morgan fingerprint density at radius 1 is 1.36 bits per heavy atom. The number of hydrogen-bond donors (Lipinski definition) is 0. The molecular formula is C12H21NS. The minimum atomic E-state index is 0.513. The molecule has 0 bridgehead atoms. The Balaban J connectivity index is 4.31. The van der Waals surface area contributed by atoms with Gasteiger partial charge < -0.3 is 0 Å². The normalized spacial score (nSPS) is 13.1. The van der Waals surface area contributed by atoms with Crippen molar-refractivity contribution in [1.82, 2.24) is 0 Å². The Hall–Kier alpha value is -0.500. The minimum absolute atomic E-state index is 0.513.